The maximum Gasteiger partial charge on any atom is 0.210 e. The van der Waals surface area contributed by atoms with Crippen LogP contribution >= 0.6 is 12.6 Å². The molecule has 0 aromatic rings. The van der Waals surface area contributed by atoms with Gasteiger partial charge in [-0.25, -0.2) is 0 Å². The van der Waals surface area contributed by atoms with E-state index in [1.807, 2.05) is 6.92 Å². The van der Waals surface area contributed by atoms with E-state index in [1.165, 1.54) is 0 Å². The van der Waals surface area contributed by atoms with E-state index in [2.05, 4.69) is 24.3 Å². The van der Waals surface area contributed by atoms with E-state index in [1.54, 1.807) is 0 Å². The van der Waals surface area contributed by atoms with Gasteiger partial charge in [0.25, 0.3) is 0 Å². The van der Waals surface area contributed by atoms with Crippen molar-refractivity contribution in [1.82, 2.24) is 0 Å². The van der Waals surface area contributed by atoms with Gasteiger partial charge in [0.05, 0.1) is 0 Å². The minimum absolute atomic E-state index is 0.206. The lowest BCUT2D eigenvalue weighted by Crippen LogP contribution is -2.10. The van der Waals surface area contributed by atoms with E-state index < -0.39 is 0 Å². The molecule has 0 amide bonds. The van der Waals surface area contributed by atoms with Crippen LogP contribution in [0.4, 0.5) is 0 Å². The number of thiol groups is 1. The van der Waals surface area contributed by atoms with Gasteiger partial charge in [-0.05, 0) is 13.1 Å². The van der Waals surface area contributed by atoms with Gasteiger partial charge in [-0.3, -0.25) is 9.79 Å². The van der Waals surface area contributed by atoms with Crippen molar-refractivity contribution < 1.29 is 4.79 Å². The van der Waals surface area contributed by atoms with E-state index >= 15 is 0 Å². The molecule has 0 aliphatic heterocycles. The molecule has 1 atom stereocenters. The Balaban J connectivity index is 3.69. The molecule has 46 valence electrons. The summed E-state index contributed by atoms with van der Waals surface area (Å²) in [5.41, 5.74) is 0. The molecule has 0 aliphatic carbocycles. The third-order valence-electron chi connectivity index (χ3n) is 0.892. The van der Waals surface area contributed by atoms with Crippen LogP contribution in [0.25, 0.3) is 0 Å². The van der Waals surface area contributed by atoms with Gasteiger partial charge in [0, 0.05) is 0 Å². The number of rotatable bonds is 3. The van der Waals surface area contributed by atoms with Gasteiger partial charge in [-0.1, -0.05) is 6.92 Å². The number of hydrogen-bond donors (Lipinski definition) is 1. The Bertz CT molecular complexity index is 103. The molecule has 0 rings (SSSR count). The highest BCUT2D eigenvalue weighted by Gasteiger charge is 2.06. The minimum Gasteiger partial charge on any atom is -0.289 e. The summed E-state index contributed by atoms with van der Waals surface area (Å²) in [7, 11) is 0. The monoisotopic (exact) mass is 131 g/mol. The van der Waals surface area contributed by atoms with Gasteiger partial charge in [0.15, 0.2) is 0 Å². The molecule has 2 nitrogen and oxygen atoms in total. The Hall–Kier alpha value is -0.310. The van der Waals surface area contributed by atoms with Crippen LogP contribution in [-0.4, -0.2) is 17.9 Å². The molecule has 0 saturated heterocycles. The predicted molar refractivity (Wildman–Crippen MR) is 37.6 cm³/mol. The van der Waals surface area contributed by atoms with Gasteiger partial charge in [0.2, 0.25) is 5.12 Å². The second-order valence-electron chi connectivity index (χ2n) is 1.44. The number of nitrogens with zero attached hydrogens (tertiary/aromatic N) is 1. The zero-order valence-corrected chi connectivity index (χ0v) is 5.69. The summed E-state index contributed by atoms with van der Waals surface area (Å²) >= 11 is 3.58. The Labute approximate surface area is 54.4 Å². The molecule has 0 spiro atoms. The van der Waals surface area contributed by atoms with E-state index in [0.717, 1.165) is 0 Å². The van der Waals surface area contributed by atoms with E-state index in [4.69, 9.17) is 0 Å². The van der Waals surface area contributed by atoms with Crippen molar-refractivity contribution >= 4 is 24.5 Å². The van der Waals surface area contributed by atoms with Gasteiger partial charge in [-0.15, -0.1) is 12.6 Å². The van der Waals surface area contributed by atoms with Crippen LogP contribution in [0.2, 0.25) is 0 Å². The van der Waals surface area contributed by atoms with Gasteiger partial charge >= 0.3 is 0 Å². The molecule has 0 N–H and O–H groups in total. The molecule has 0 radical (unpaired) electrons. The van der Waals surface area contributed by atoms with Crippen molar-refractivity contribution in [3.63, 3.8) is 0 Å². The lowest BCUT2D eigenvalue weighted by atomic mass is 10.3. The zero-order valence-electron chi connectivity index (χ0n) is 4.79. The molecule has 0 bridgehead atoms. The van der Waals surface area contributed by atoms with Crippen molar-refractivity contribution in [1.29, 1.82) is 0 Å². The quantitative estimate of drug-likeness (QED) is 0.448. The minimum atomic E-state index is -0.307. The Morgan fingerprint density at radius 3 is 2.50 bits per heavy atom. The van der Waals surface area contributed by atoms with Crippen molar-refractivity contribution in [3.05, 3.63) is 0 Å². The summed E-state index contributed by atoms with van der Waals surface area (Å²) in [6.07, 6.45) is 0.686. The molecule has 0 heterocycles. The van der Waals surface area contributed by atoms with Crippen molar-refractivity contribution in [3.8, 4) is 0 Å². The Morgan fingerprint density at radius 2 is 2.50 bits per heavy atom. The highest BCUT2D eigenvalue weighted by molar-refractivity contribution is 7.96. The summed E-state index contributed by atoms with van der Waals surface area (Å²) in [5, 5.41) is -0.206. The lowest BCUT2D eigenvalue weighted by molar-refractivity contribution is -0.111. The van der Waals surface area contributed by atoms with Gasteiger partial charge < -0.3 is 0 Å². The third-order valence-corrected chi connectivity index (χ3v) is 1.19. The lowest BCUT2D eigenvalue weighted by Gasteiger charge is -1.99. The Kier molecular flexibility index (Phi) is 3.52. The second-order valence-corrected chi connectivity index (χ2v) is 1.89. The van der Waals surface area contributed by atoms with Crippen molar-refractivity contribution in [2.75, 3.05) is 0 Å². The normalized spacial score (nSPS) is 12.8. The molecule has 0 fully saturated rings. The first kappa shape index (κ1) is 7.69. The second kappa shape index (κ2) is 3.66. The first-order valence-electron chi connectivity index (χ1n) is 2.41. The molecule has 0 aromatic heterocycles. The molecule has 0 saturated carbocycles. The van der Waals surface area contributed by atoms with Crippen LogP contribution in [0.1, 0.15) is 13.3 Å². The predicted octanol–water partition coefficient (Wildman–Crippen LogP) is 0.922. The summed E-state index contributed by atoms with van der Waals surface area (Å²) in [4.78, 5) is 13.9. The molecule has 8 heavy (non-hydrogen) atoms. The first-order valence-corrected chi connectivity index (χ1v) is 2.85. The maximum absolute atomic E-state index is 10.3. The smallest absolute Gasteiger partial charge is 0.210 e. The summed E-state index contributed by atoms with van der Waals surface area (Å²) in [6, 6.07) is -0.307. The number of hydrogen-bond acceptors (Lipinski definition) is 2. The number of aliphatic imine (C=N–C) groups is 1. The summed E-state index contributed by atoms with van der Waals surface area (Å²) < 4.78 is 0. The van der Waals surface area contributed by atoms with Crippen molar-refractivity contribution in [2.24, 2.45) is 4.99 Å². The van der Waals surface area contributed by atoms with Crippen LogP contribution < -0.4 is 0 Å². The van der Waals surface area contributed by atoms with Crippen LogP contribution in [0.15, 0.2) is 4.99 Å². The largest absolute Gasteiger partial charge is 0.289 e. The Morgan fingerprint density at radius 1 is 2.00 bits per heavy atom. The van der Waals surface area contributed by atoms with Crippen LogP contribution in [-0.2, 0) is 4.79 Å². The van der Waals surface area contributed by atoms with Gasteiger partial charge in [-0.2, -0.15) is 0 Å². The topological polar surface area (TPSA) is 29.4 Å². The van der Waals surface area contributed by atoms with Crippen LogP contribution in [0.3, 0.4) is 0 Å². The molecule has 0 aromatic carbocycles. The highest BCUT2D eigenvalue weighted by Crippen LogP contribution is 1.99. The molecular weight excluding hydrogens is 122 g/mol. The fourth-order valence-corrected chi connectivity index (χ4v) is 0.646. The average Bonchev–Trinajstić information content (AvgIpc) is 1.69. The third kappa shape index (κ3) is 2.12. The summed E-state index contributed by atoms with van der Waals surface area (Å²) in [5.74, 6) is 0. The molecule has 0 aliphatic rings. The first-order chi connectivity index (χ1) is 3.72. The van der Waals surface area contributed by atoms with Crippen molar-refractivity contribution in [2.45, 2.75) is 19.4 Å². The average molecular weight is 131 g/mol. The molecular formula is C5H9NOS. The van der Waals surface area contributed by atoms with E-state index in [-0.39, 0.29) is 11.2 Å². The molecule has 1 unspecified atom stereocenters. The SMILES string of the molecule is C=NC(CC)C(=O)S. The molecule has 3 heteroatoms. The van der Waals surface area contributed by atoms with Crippen LogP contribution in [0.5, 0.6) is 0 Å². The fraction of sp³-hybridized carbons (Fsp3) is 0.600. The maximum atomic E-state index is 10.3. The van der Waals surface area contributed by atoms with Gasteiger partial charge in [0.1, 0.15) is 6.04 Å². The van der Waals surface area contributed by atoms with E-state index in [0.29, 0.717) is 6.42 Å². The highest BCUT2D eigenvalue weighted by atomic mass is 32.1. The number of carbonyl (C=O) groups excluding carboxylic acids is 1. The van der Waals surface area contributed by atoms with Crippen LogP contribution in [0, 0.1) is 0 Å². The van der Waals surface area contributed by atoms with E-state index in [9.17, 15) is 4.79 Å². The standard InChI is InChI=1S/C5H9NOS/c1-3-4(6-2)5(7)8/h4H,2-3H2,1H3,(H,7,8). The zero-order chi connectivity index (χ0) is 6.57. The fourth-order valence-electron chi connectivity index (χ4n) is 0.382. The number of carbonyl (C=O) groups is 1. The summed E-state index contributed by atoms with van der Waals surface area (Å²) in [6.45, 7) is 5.10.